The molecule has 8 nitrogen and oxygen atoms in total. The third kappa shape index (κ3) is 6.20. The van der Waals surface area contributed by atoms with Crippen molar-refractivity contribution in [1.29, 1.82) is 0 Å². The van der Waals surface area contributed by atoms with Gasteiger partial charge in [-0.1, -0.05) is 24.3 Å². The van der Waals surface area contributed by atoms with Crippen LogP contribution in [0.2, 0.25) is 0 Å². The van der Waals surface area contributed by atoms with Gasteiger partial charge < -0.3 is 25.8 Å². The molecule has 44 heavy (non-hydrogen) atoms. The summed E-state index contributed by atoms with van der Waals surface area (Å²) < 4.78 is 27.1. The van der Waals surface area contributed by atoms with Crippen LogP contribution in [0.5, 0.6) is 0 Å². The van der Waals surface area contributed by atoms with Crippen LogP contribution >= 0.6 is 0 Å². The average Bonchev–Trinajstić information content (AvgIpc) is 3.33. The van der Waals surface area contributed by atoms with E-state index in [0.29, 0.717) is 28.5 Å². The minimum Gasteiger partial charge on any atom is -0.369 e. The van der Waals surface area contributed by atoms with Gasteiger partial charge in [0.05, 0.1) is 5.57 Å². The lowest BCUT2D eigenvalue weighted by Crippen LogP contribution is -2.44. The van der Waals surface area contributed by atoms with E-state index in [-0.39, 0.29) is 28.5 Å². The molecule has 0 radical (unpaired) electrons. The number of rotatable bonds is 7. The van der Waals surface area contributed by atoms with Gasteiger partial charge in [-0.3, -0.25) is 14.4 Å². The van der Waals surface area contributed by atoms with E-state index in [1.165, 1.54) is 6.07 Å². The minimum atomic E-state index is -0.869. The van der Waals surface area contributed by atoms with Crippen molar-refractivity contribution in [1.82, 2.24) is 4.90 Å². The number of piperazine rings is 1. The quantitative estimate of drug-likeness (QED) is 0.191. The number of fused-ring (bicyclic) bond motifs is 1. The lowest BCUT2D eigenvalue weighted by molar-refractivity contribution is -0.110. The van der Waals surface area contributed by atoms with E-state index in [9.17, 15) is 23.2 Å². The Bertz CT molecular complexity index is 1780. The fourth-order valence-corrected chi connectivity index (χ4v) is 5.26. The monoisotopic (exact) mass is 593 g/mol. The van der Waals surface area contributed by atoms with Gasteiger partial charge >= 0.3 is 0 Å². The van der Waals surface area contributed by atoms with Crippen molar-refractivity contribution in [2.75, 3.05) is 54.1 Å². The van der Waals surface area contributed by atoms with Crippen molar-refractivity contribution in [3.63, 3.8) is 0 Å². The molecular weight excluding hydrogens is 564 g/mol. The van der Waals surface area contributed by atoms with E-state index in [1.54, 1.807) is 42.6 Å². The summed E-state index contributed by atoms with van der Waals surface area (Å²) >= 11 is 0. The highest BCUT2D eigenvalue weighted by atomic mass is 19.1. The molecule has 10 heteroatoms. The van der Waals surface area contributed by atoms with Crippen LogP contribution in [0.15, 0.2) is 91.1 Å². The van der Waals surface area contributed by atoms with Crippen LogP contribution in [0.25, 0.3) is 5.57 Å². The largest absolute Gasteiger partial charge is 0.369 e. The zero-order valence-electron chi connectivity index (χ0n) is 23.9. The second-order valence-electron chi connectivity index (χ2n) is 10.8. The van der Waals surface area contributed by atoms with E-state index in [1.807, 2.05) is 12.1 Å². The molecule has 222 valence electrons. The molecule has 2 heterocycles. The van der Waals surface area contributed by atoms with Gasteiger partial charge in [0.15, 0.2) is 5.78 Å². The number of hydrogen-bond acceptors (Lipinski definition) is 6. The van der Waals surface area contributed by atoms with Gasteiger partial charge in [-0.15, -0.1) is 0 Å². The van der Waals surface area contributed by atoms with Crippen molar-refractivity contribution < 1.29 is 23.2 Å². The summed E-state index contributed by atoms with van der Waals surface area (Å²) in [6.45, 7) is 4.02. The second kappa shape index (κ2) is 12.1. The molecule has 2 amide bonds. The number of amides is 2. The molecule has 1 saturated heterocycles. The Hall–Kier alpha value is -5.35. The van der Waals surface area contributed by atoms with Crippen molar-refractivity contribution >= 4 is 45.9 Å². The van der Waals surface area contributed by atoms with Crippen LogP contribution in [0.3, 0.4) is 0 Å². The highest BCUT2D eigenvalue weighted by molar-refractivity contribution is 6.32. The van der Waals surface area contributed by atoms with Gasteiger partial charge in [-0.05, 0) is 61.6 Å². The van der Waals surface area contributed by atoms with E-state index in [2.05, 4.69) is 44.9 Å². The maximum atomic E-state index is 13.5. The van der Waals surface area contributed by atoms with E-state index in [4.69, 9.17) is 0 Å². The third-order valence-electron chi connectivity index (χ3n) is 7.69. The van der Waals surface area contributed by atoms with Gasteiger partial charge in [0.25, 0.3) is 11.8 Å². The Morgan fingerprint density at radius 2 is 1.50 bits per heavy atom. The second-order valence-corrected chi connectivity index (χ2v) is 10.8. The van der Waals surface area contributed by atoms with E-state index < -0.39 is 17.5 Å². The molecule has 3 N–H and O–H groups in total. The lowest BCUT2D eigenvalue weighted by atomic mass is 9.99. The van der Waals surface area contributed by atoms with Crippen LogP contribution in [0, 0.1) is 11.6 Å². The van der Waals surface area contributed by atoms with Crippen molar-refractivity contribution in [2.24, 2.45) is 0 Å². The number of nitrogens with zero attached hydrogens (tertiary/aromatic N) is 2. The van der Waals surface area contributed by atoms with Crippen LogP contribution in [-0.4, -0.2) is 55.7 Å². The Morgan fingerprint density at radius 3 is 2.23 bits per heavy atom. The van der Waals surface area contributed by atoms with Gasteiger partial charge in [0, 0.05) is 83.4 Å². The summed E-state index contributed by atoms with van der Waals surface area (Å²) in [4.78, 5) is 43.3. The number of carbonyl (C=O) groups is 3. The summed E-state index contributed by atoms with van der Waals surface area (Å²) in [5.41, 5.74) is 4.35. The smallest absolute Gasteiger partial charge is 0.257 e. The minimum absolute atomic E-state index is 0.186. The Morgan fingerprint density at radius 1 is 0.795 bits per heavy atom. The highest BCUT2D eigenvalue weighted by Gasteiger charge is 2.25. The Balaban J connectivity index is 1.14. The van der Waals surface area contributed by atoms with Crippen molar-refractivity contribution in [3.05, 3.63) is 125 Å². The number of anilines is 4. The Labute approximate surface area is 253 Å². The first-order valence-corrected chi connectivity index (χ1v) is 14.1. The molecule has 0 aliphatic carbocycles. The molecule has 1 fully saturated rings. The van der Waals surface area contributed by atoms with Crippen LogP contribution < -0.4 is 20.9 Å². The fraction of sp³-hybridized carbons (Fsp3) is 0.147. The summed E-state index contributed by atoms with van der Waals surface area (Å²) in [7, 11) is 2.12. The van der Waals surface area contributed by atoms with Crippen LogP contribution in [-0.2, 0) is 4.79 Å². The lowest BCUT2D eigenvalue weighted by Gasteiger charge is -2.34. The predicted molar refractivity (Wildman–Crippen MR) is 167 cm³/mol. The molecule has 4 aromatic rings. The average molecular weight is 594 g/mol. The van der Waals surface area contributed by atoms with Crippen LogP contribution in [0.4, 0.5) is 31.5 Å². The van der Waals surface area contributed by atoms with E-state index in [0.717, 1.165) is 49.7 Å². The number of halogens is 2. The van der Waals surface area contributed by atoms with Gasteiger partial charge in [-0.25, -0.2) is 8.78 Å². The van der Waals surface area contributed by atoms with Gasteiger partial charge in [0.2, 0.25) is 0 Å². The molecule has 4 aromatic carbocycles. The topological polar surface area (TPSA) is 93.8 Å². The molecule has 0 saturated carbocycles. The zero-order valence-corrected chi connectivity index (χ0v) is 23.9. The molecule has 0 atom stereocenters. The number of hydrogen-bond donors (Lipinski definition) is 3. The molecule has 0 aromatic heterocycles. The third-order valence-corrected chi connectivity index (χ3v) is 7.69. The number of ketones is 1. The van der Waals surface area contributed by atoms with Crippen molar-refractivity contribution in [2.45, 2.75) is 0 Å². The maximum absolute atomic E-state index is 13.5. The first-order valence-electron chi connectivity index (χ1n) is 14.1. The normalized spacial score (nSPS) is 15.6. The summed E-state index contributed by atoms with van der Waals surface area (Å²) in [5.74, 6) is -3.07. The molecule has 0 unspecified atom stereocenters. The predicted octanol–water partition coefficient (Wildman–Crippen LogP) is 5.61. The maximum Gasteiger partial charge on any atom is 0.257 e. The summed E-state index contributed by atoms with van der Waals surface area (Å²) in [6.07, 6.45) is 1.66. The molecule has 2 aliphatic rings. The van der Waals surface area contributed by atoms with Crippen LogP contribution in [0.1, 0.15) is 31.8 Å². The first kappa shape index (κ1) is 28.8. The Kier molecular flexibility index (Phi) is 7.91. The fourth-order valence-electron chi connectivity index (χ4n) is 5.26. The molecule has 0 bridgehead atoms. The number of likely N-dealkylation sites (N-methyl/N-ethyl adjacent to an activating group) is 1. The van der Waals surface area contributed by atoms with Gasteiger partial charge in [0.1, 0.15) is 11.6 Å². The summed E-state index contributed by atoms with van der Waals surface area (Å²) in [5, 5.41) is 8.59. The number of carbonyl (C=O) groups excluding carboxylic acids is 3. The molecule has 6 rings (SSSR count). The molecule has 2 aliphatic heterocycles. The highest BCUT2D eigenvalue weighted by Crippen LogP contribution is 2.33. The van der Waals surface area contributed by atoms with Gasteiger partial charge in [-0.2, -0.15) is 0 Å². The molecule has 0 spiro atoms. The van der Waals surface area contributed by atoms with Crippen molar-refractivity contribution in [3.8, 4) is 0 Å². The number of benzene rings is 4. The molecular formula is C34H29F2N5O3. The SMILES string of the molecule is CN1CCN(c2ccc(NC=C3C(=O)Nc4cc(C(=O)c5cccc(NC(=O)c6cc(F)cc(F)c6)c5)ccc43)cc2)CC1. The first-order chi connectivity index (χ1) is 21.2. The zero-order chi connectivity index (χ0) is 30.8. The number of nitrogens with one attached hydrogen (secondary N) is 3. The standard InChI is InChI=1S/C34H29F2N5O3/c1-40-11-13-41(14-12-40)28-8-6-26(7-9-28)37-20-30-29-10-5-22(18-31(29)39-34(30)44)32(42)21-3-2-4-27(17-21)38-33(43)23-15-24(35)19-25(36)16-23/h2-10,15-20,37H,11-14H2,1H3,(H,38,43)(H,39,44). The van der Waals surface area contributed by atoms with E-state index >= 15 is 0 Å². The summed E-state index contributed by atoms with van der Waals surface area (Å²) in [6, 6.07) is 21.8.